The first kappa shape index (κ1) is 20.9. The molecule has 1 saturated carbocycles. The van der Waals surface area contributed by atoms with Gasteiger partial charge in [-0.1, -0.05) is 36.0 Å². The van der Waals surface area contributed by atoms with E-state index in [4.69, 9.17) is 0 Å². The van der Waals surface area contributed by atoms with E-state index in [0.717, 1.165) is 12.8 Å². The molecule has 0 spiro atoms. The highest BCUT2D eigenvalue weighted by Crippen LogP contribution is 2.41. The molecule has 32 heavy (non-hydrogen) atoms. The van der Waals surface area contributed by atoms with Crippen LogP contribution in [0.3, 0.4) is 0 Å². The standard InChI is InChI=1S/C23H23F2N5OS/c24-18-6-2-1-5-17(18)22-26-27-23(30(22)16-9-10-16)32-15-21(31)29-13-11-28(12-14-29)20-8-4-3-7-19(20)25/h1-8,16H,9-15H2. The predicted molar refractivity (Wildman–Crippen MR) is 120 cm³/mol. The van der Waals surface area contributed by atoms with Gasteiger partial charge in [0.2, 0.25) is 5.91 Å². The van der Waals surface area contributed by atoms with Gasteiger partial charge in [-0.2, -0.15) is 0 Å². The molecule has 1 saturated heterocycles. The van der Waals surface area contributed by atoms with Crippen LogP contribution in [0.15, 0.2) is 53.7 Å². The van der Waals surface area contributed by atoms with Crippen molar-refractivity contribution >= 4 is 23.4 Å². The van der Waals surface area contributed by atoms with E-state index >= 15 is 0 Å². The van der Waals surface area contributed by atoms with Crippen molar-refractivity contribution in [3.63, 3.8) is 0 Å². The number of hydrogen-bond acceptors (Lipinski definition) is 5. The van der Waals surface area contributed by atoms with Crippen molar-refractivity contribution in [1.82, 2.24) is 19.7 Å². The summed E-state index contributed by atoms with van der Waals surface area (Å²) in [5, 5.41) is 9.14. The van der Waals surface area contributed by atoms with Gasteiger partial charge in [0.25, 0.3) is 0 Å². The van der Waals surface area contributed by atoms with Crippen molar-refractivity contribution < 1.29 is 13.6 Å². The van der Waals surface area contributed by atoms with Gasteiger partial charge in [-0.3, -0.25) is 9.36 Å². The molecule has 0 radical (unpaired) electrons. The molecule has 5 rings (SSSR count). The van der Waals surface area contributed by atoms with Crippen LogP contribution in [0.25, 0.3) is 11.4 Å². The zero-order chi connectivity index (χ0) is 22.1. The molecule has 2 fully saturated rings. The van der Waals surface area contributed by atoms with Gasteiger partial charge >= 0.3 is 0 Å². The first-order chi connectivity index (χ1) is 15.6. The zero-order valence-corrected chi connectivity index (χ0v) is 18.3. The van der Waals surface area contributed by atoms with Crippen LogP contribution in [0.2, 0.25) is 0 Å². The molecule has 3 aromatic rings. The molecular weight excluding hydrogens is 432 g/mol. The number of thioether (sulfide) groups is 1. The van der Waals surface area contributed by atoms with Gasteiger partial charge in [-0.25, -0.2) is 8.78 Å². The van der Waals surface area contributed by atoms with E-state index in [-0.39, 0.29) is 29.3 Å². The number of piperazine rings is 1. The van der Waals surface area contributed by atoms with E-state index in [1.807, 2.05) is 15.5 Å². The number of benzene rings is 2. The van der Waals surface area contributed by atoms with Crippen LogP contribution in [0, 0.1) is 11.6 Å². The van der Waals surface area contributed by atoms with E-state index in [0.29, 0.717) is 48.4 Å². The Labute approximate surface area is 189 Å². The molecule has 0 N–H and O–H groups in total. The second-order valence-corrected chi connectivity index (χ2v) is 8.94. The molecule has 1 aliphatic carbocycles. The lowest BCUT2D eigenvalue weighted by atomic mass is 10.2. The predicted octanol–water partition coefficient (Wildman–Crippen LogP) is 4.00. The second kappa shape index (κ2) is 8.90. The summed E-state index contributed by atoms with van der Waals surface area (Å²) in [4.78, 5) is 16.6. The number of amides is 1. The van der Waals surface area contributed by atoms with E-state index in [9.17, 15) is 13.6 Å². The quantitative estimate of drug-likeness (QED) is 0.526. The van der Waals surface area contributed by atoms with Crippen molar-refractivity contribution in [2.24, 2.45) is 0 Å². The van der Waals surface area contributed by atoms with Gasteiger partial charge in [-0.15, -0.1) is 10.2 Å². The second-order valence-electron chi connectivity index (χ2n) is 8.00. The highest BCUT2D eigenvalue weighted by atomic mass is 32.2. The molecule has 166 valence electrons. The number of halogens is 2. The third kappa shape index (κ3) is 4.21. The summed E-state index contributed by atoms with van der Waals surface area (Å²) in [6, 6.07) is 13.5. The first-order valence-corrected chi connectivity index (χ1v) is 11.7. The number of carbonyl (C=O) groups excluding carboxylic acids is 1. The highest BCUT2D eigenvalue weighted by Gasteiger charge is 2.31. The largest absolute Gasteiger partial charge is 0.366 e. The SMILES string of the molecule is O=C(CSc1nnc(-c2ccccc2F)n1C1CC1)N1CCN(c2ccccc2F)CC1. The molecule has 1 amide bonds. The monoisotopic (exact) mass is 455 g/mol. The Bertz CT molecular complexity index is 1130. The van der Waals surface area contributed by atoms with Crippen LogP contribution < -0.4 is 4.90 Å². The molecule has 2 heterocycles. The number of para-hydroxylation sites is 1. The fraction of sp³-hybridized carbons (Fsp3) is 0.348. The van der Waals surface area contributed by atoms with Gasteiger partial charge in [0.15, 0.2) is 11.0 Å². The molecule has 0 atom stereocenters. The summed E-state index contributed by atoms with van der Waals surface area (Å²) in [7, 11) is 0. The number of rotatable bonds is 6. The summed E-state index contributed by atoms with van der Waals surface area (Å²) >= 11 is 1.34. The first-order valence-electron chi connectivity index (χ1n) is 10.7. The molecule has 2 aromatic carbocycles. The average molecular weight is 456 g/mol. The van der Waals surface area contributed by atoms with E-state index in [2.05, 4.69) is 10.2 Å². The Morgan fingerprint density at radius 2 is 1.62 bits per heavy atom. The van der Waals surface area contributed by atoms with Crippen LogP contribution in [0.1, 0.15) is 18.9 Å². The maximum Gasteiger partial charge on any atom is 0.233 e. The maximum atomic E-state index is 14.3. The molecular formula is C23H23F2N5OS. The van der Waals surface area contributed by atoms with Crippen LogP contribution >= 0.6 is 11.8 Å². The van der Waals surface area contributed by atoms with Crippen molar-refractivity contribution in [3.8, 4) is 11.4 Å². The summed E-state index contributed by atoms with van der Waals surface area (Å²) in [6.07, 6.45) is 2.00. The van der Waals surface area contributed by atoms with Crippen molar-refractivity contribution in [2.75, 3.05) is 36.8 Å². The number of anilines is 1. The molecule has 6 nitrogen and oxygen atoms in total. The Hall–Kier alpha value is -2.94. The van der Waals surface area contributed by atoms with Crippen LogP contribution in [0.4, 0.5) is 14.5 Å². The molecule has 2 aliphatic rings. The normalized spacial score (nSPS) is 16.4. The lowest BCUT2D eigenvalue weighted by Crippen LogP contribution is -2.49. The van der Waals surface area contributed by atoms with E-state index in [1.54, 1.807) is 35.2 Å². The Morgan fingerprint density at radius 3 is 2.31 bits per heavy atom. The van der Waals surface area contributed by atoms with Gasteiger partial charge < -0.3 is 9.80 Å². The summed E-state index contributed by atoms with van der Waals surface area (Å²) in [6.45, 7) is 2.27. The van der Waals surface area contributed by atoms with Gasteiger partial charge in [-0.05, 0) is 37.1 Å². The minimum absolute atomic E-state index is 0.0148. The van der Waals surface area contributed by atoms with Gasteiger partial charge in [0.1, 0.15) is 11.6 Å². The number of nitrogens with zero attached hydrogens (tertiary/aromatic N) is 5. The fourth-order valence-electron chi connectivity index (χ4n) is 3.99. The van der Waals surface area contributed by atoms with Gasteiger partial charge in [0, 0.05) is 32.2 Å². The molecule has 0 unspecified atom stereocenters. The summed E-state index contributed by atoms with van der Waals surface area (Å²) in [5.74, 6) is 0.192. The third-order valence-electron chi connectivity index (χ3n) is 5.84. The lowest BCUT2D eigenvalue weighted by Gasteiger charge is -2.36. The average Bonchev–Trinajstić information content (AvgIpc) is 3.57. The fourth-order valence-corrected chi connectivity index (χ4v) is 4.89. The summed E-state index contributed by atoms with van der Waals surface area (Å²) in [5.41, 5.74) is 1.00. The molecule has 1 aliphatic heterocycles. The minimum atomic E-state index is -0.331. The third-order valence-corrected chi connectivity index (χ3v) is 6.77. The van der Waals surface area contributed by atoms with E-state index in [1.165, 1.54) is 23.9 Å². The maximum absolute atomic E-state index is 14.3. The van der Waals surface area contributed by atoms with Crippen LogP contribution in [0.5, 0.6) is 0 Å². The van der Waals surface area contributed by atoms with Crippen molar-refractivity contribution in [1.29, 1.82) is 0 Å². The highest BCUT2D eigenvalue weighted by molar-refractivity contribution is 7.99. The van der Waals surface area contributed by atoms with E-state index < -0.39 is 0 Å². The lowest BCUT2D eigenvalue weighted by molar-refractivity contribution is -0.128. The number of hydrogen-bond donors (Lipinski definition) is 0. The summed E-state index contributed by atoms with van der Waals surface area (Å²) < 4.78 is 30.3. The van der Waals surface area contributed by atoms with Crippen molar-refractivity contribution in [3.05, 3.63) is 60.2 Å². The Kier molecular flexibility index (Phi) is 5.82. The number of carbonyl (C=O) groups is 1. The molecule has 9 heteroatoms. The minimum Gasteiger partial charge on any atom is -0.366 e. The smallest absolute Gasteiger partial charge is 0.233 e. The number of aromatic nitrogens is 3. The molecule has 0 bridgehead atoms. The van der Waals surface area contributed by atoms with Gasteiger partial charge in [0.05, 0.1) is 17.0 Å². The Balaban J connectivity index is 1.23. The Morgan fingerprint density at radius 1 is 0.938 bits per heavy atom. The van der Waals surface area contributed by atoms with Crippen LogP contribution in [-0.4, -0.2) is 57.5 Å². The molecule has 1 aromatic heterocycles. The van der Waals surface area contributed by atoms with Crippen LogP contribution in [-0.2, 0) is 4.79 Å². The topological polar surface area (TPSA) is 54.3 Å². The van der Waals surface area contributed by atoms with Crippen molar-refractivity contribution in [2.45, 2.75) is 24.0 Å². The zero-order valence-electron chi connectivity index (χ0n) is 17.5.